The van der Waals surface area contributed by atoms with Crippen molar-refractivity contribution in [3.63, 3.8) is 0 Å². The molecule has 0 unspecified atom stereocenters. The number of carboxylic acid groups (broad SMARTS) is 1. The van der Waals surface area contributed by atoms with Gasteiger partial charge in [-0.15, -0.1) is 0 Å². The Morgan fingerprint density at radius 1 is 0.956 bits per heavy atom. The Morgan fingerprint density at radius 2 is 1.64 bits per heavy atom. The summed E-state index contributed by atoms with van der Waals surface area (Å²) in [6.07, 6.45) is 2.46. The third kappa shape index (κ3) is 9.70. The number of likely N-dealkylation sites (tertiary alicyclic amines) is 1. The van der Waals surface area contributed by atoms with Crippen molar-refractivity contribution in [1.29, 1.82) is 0 Å². The van der Waals surface area contributed by atoms with Crippen molar-refractivity contribution in [1.82, 2.24) is 10.2 Å². The van der Waals surface area contributed by atoms with Gasteiger partial charge in [-0.25, -0.2) is 21.6 Å². The first kappa shape index (κ1) is 34.3. The number of nitrogens with one attached hydrogen (secondary N) is 1. The van der Waals surface area contributed by atoms with Crippen LogP contribution in [-0.2, 0) is 42.4 Å². The minimum absolute atomic E-state index is 0.135. The van der Waals surface area contributed by atoms with E-state index >= 15 is 0 Å². The number of nitrogens with zero attached hydrogens (tertiary/aromatic N) is 1. The molecular weight excluding hydrogens is 617 g/mol. The van der Waals surface area contributed by atoms with Crippen molar-refractivity contribution in [3.8, 4) is 11.1 Å². The number of amides is 1. The maximum atomic E-state index is 13.5. The lowest BCUT2D eigenvalue weighted by atomic mass is 9.93. The Morgan fingerprint density at radius 3 is 2.29 bits per heavy atom. The SMILES string of the molecule is Cc1ccccc1-c1cc(CN2C[C@H](S(C)(=O)=O)C[C@@H]2COCc2ccccc2)ccc1C(=O)N[C@@H](CCS(C)(=O)=O)C(=O)O. The number of hydrogen-bond donors (Lipinski definition) is 2. The Labute approximate surface area is 265 Å². The first-order valence-corrected chi connectivity index (χ1v) is 18.7. The number of hydrogen-bond acceptors (Lipinski definition) is 8. The third-order valence-corrected chi connectivity index (χ3v) is 10.6. The van der Waals surface area contributed by atoms with E-state index in [1.54, 1.807) is 12.1 Å². The lowest BCUT2D eigenvalue weighted by Gasteiger charge is -2.25. The molecule has 0 bridgehead atoms. The predicted molar refractivity (Wildman–Crippen MR) is 173 cm³/mol. The van der Waals surface area contributed by atoms with Gasteiger partial charge < -0.3 is 15.2 Å². The molecule has 3 aromatic rings. The molecule has 0 aromatic heterocycles. The van der Waals surface area contributed by atoms with Crippen LogP contribution in [0.5, 0.6) is 0 Å². The largest absolute Gasteiger partial charge is 0.480 e. The molecule has 1 fully saturated rings. The summed E-state index contributed by atoms with van der Waals surface area (Å²) in [5.41, 5.74) is 4.40. The fourth-order valence-corrected chi connectivity index (χ4v) is 7.25. The molecule has 3 aromatic carbocycles. The van der Waals surface area contributed by atoms with Crippen LogP contribution in [0.4, 0.5) is 0 Å². The lowest BCUT2D eigenvalue weighted by molar-refractivity contribution is -0.139. The van der Waals surface area contributed by atoms with Gasteiger partial charge in [-0.05, 0) is 59.7 Å². The normalized spacial score (nSPS) is 18.0. The van der Waals surface area contributed by atoms with E-state index in [0.29, 0.717) is 38.3 Å². The molecule has 1 aliphatic rings. The first-order valence-electron chi connectivity index (χ1n) is 14.7. The highest BCUT2D eigenvalue weighted by atomic mass is 32.2. The molecule has 0 radical (unpaired) electrons. The Balaban J connectivity index is 1.60. The number of aryl methyl sites for hydroxylation is 1. The highest BCUT2D eigenvalue weighted by Crippen LogP contribution is 2.31. The monoisotopic (exact) mass is 656 g/mol. The number of aliphatic carboxylic acids is 1. The fraction of sp³-hybridized carbons (Fsp3) is 0.394. The smallest absolute Gasteiger partial charge is 0.326 e. The van der Waals surface area contributed by atoms with Crippen molar-refractivity contribution in [2.24, 2.45) is 0 Å². The van der Waals surface area contributed by atoms with Crippen LogP contribution in [0.2, 0.25) is 0 Å². The highest BCUT2D eigenvalue weighted by molar-refractivity contribution is 7.91. The molecule has 0 spiro atoms. The molecule has 10 nitrogen and oxygen atoms in total. The minimum atomic E-state index is -3.43. The van der Waals surface area contributed by atoms with E-state index in [0.717, 1.165) is 28.5 Å². The topological polar surface area (TPSA) is 147 Å². The molecule has 242 valence electrons. The quantitative estimate of drug-likeness (QED) is 0.266. The van der Waals surface area contributed by atoms with Crippen molar-refractivity contribution in [2.75, 3.05) is 31.4 Å². The maximum absolute atomic E-state index is 13.5. The zero-order valence-corrected chi connectivity index (χ0v) is 27.3. The molecule has 1 heterocycles. The first-order chi connectivity index (χ1) is 21.2. The number of rotatable bonds is 14. The van der Waals surface area contributed by atoms with Gasteiger partial charge in [0.25, 0.3) is 5.91 Å². The average Bonchev–Trinajstić information content (AvgIpc) is 3.38. The van der Waals surface area contributed by atoms with Gasteiger partial charge in [0.05, 0.1) is 24.2 Å². The molecule has 45 heavy (non-hydrogen) atoms. The molecular formula is C33H40N2O8S2. The average molecular weight is 657 g/mol. The Hall–Kier alpha value is -3.58. The lowest BCUT2D eigenvalue weighted by Crippen LogP contribution is -2.42. The Bertz CT molecular complexity index is 1730. The highest BCUT2D eigenvalue weighted by Gasteiger charge is 2.37. The van der Waals surface area contributed by atoms with Crippen LogP contribution in [0.25, 0.3) is 11.1 Å². The van der Waals surface area contributed by atoms with Gasteiger partial charge in [0, 0.05) is 37.2 Å². The molecule has 0 saturated carbocycles. The summed E-state index contributed by atoms with van der Waals surface area (Å²) in [5, 5.41) is 11.6. The number of carbonyl (C=O) groups excluding carboxylic acids is 1. The molecule has 3 atom stereocenters. The summed E-state index contributed by atoms with van der Waals surface area (Å²) in [5.74, 6) is -2.34. The molecule has 1 saturated heterocycles. The van der Waals surface area contributed by atoms with Gasteiger partial charge in [0.15, 0.2) is 9.84 Å². The van der Waals surface area contributed by atoms with Gasteiger partial charge in [-0.2, -0.15) is 0 Å². The van der Waals surface area contributed by atoms with Gasteiger partial charge in [0.1, 0.15) is 15.9 Å². The van der Waals surface area contributed by atoms with E-state index in [-0.39, 0.29) is 23.8 Å². The molecule has 2 N–H and O–H groups in total. The van der Waals surface area contributed by atoms with Crippen molar-refractivity contribution in [3.05, 3.63) is 95.1 Å². The maximum Gasteiger partial charge on any atom is 0.326 e. The van der Waals surface area contributed by atoms with Gasteiger partial charge in [0.2, 0.25) is 0 Å². The molecule has 1 amide bonds. The summed E-state index contributed by atoms with van der Waals surface area (Å²) in [7, 11) is -6.71. The molecule has 12 heteroatoms. The number of sulfone groups is 2. The van der Waals surface area contributed by atoms with Crippen LogP contribution in [0.1, 0.15) is 39.9 Å². The molecule has 1 aliphatic heterocycles. The van der Waals surface area contributed by atoms with Crippen molar-refractivity contribution < 1.29 is 36.3 Å². The summed E-state index contributed by atoms with van der Waals surface area (Å²) >= 11 is 0. The van der Waals surface area contributed by atoms with E-state index in [9.17, 15) is 31.5 Å². The number of benzene rings is 3. The van der Waals surface area contributed by atoms with Crippen LogP contribution < -0.4 is 5.32 Å². The van der Waals surface area contributed by atoms with Crippen LogP contribution in [0.3, 0.4) is 0 Å². The zero-order chi connectivity index (χ0) is 32.8. The van der Waals surface area contributed by atoms with Crippen LogP contribution in [-0.4, -0.2) is 87.5 Å². The molecule has 4 rings (SSSR count). The van der Waals surface area contributed by atoms with E-state index < -0.39 is 42.8 Å². The zero-order valence-electron chi connectivity index (χ0n) is 25.7. The minimum Gasteiger partial charge on any atom is -0.480 e. The number of ether oxygens (including phenoxy) is 1. The van der Waals surface area contributed by atoms with Crippen molar-refractivity contribution >= 4 is 31.6 Å². The van der Waals surface area contributed by atoms with E-state index in [1.807, 2.05) is 67.6 Å². The second-order valence-electron chi connectivity index (χ2n) is 11.7. The number of carbonyl (C=O) groups is 2. The third-order valence-electron chi connectivity index (χ3n) is 8.05. The van der Waals surface area contributed by atoms with E-state index in [4.69, 9.17) is 4.74 Å². The fourth-order valence-electron chi connectivity index (χ4n) is 5.55. The Kier molecular flexibility index (Phi) is 11.2. The van der Waals surface area contributed by atoms with Crippen molar-refractivity contribution in [2.45, 2.75) is 50.3 Å². The van der Waals surface area contributed by atoms with E-state index in [1.165, 1.54) is 6.26 Å². The standard InChI is InChI=1S/C33H40N2O8S2/c1-23-9-7-8-12-28(23)30-17-25(13-14-29(30)32(36)34-31(33(37)38)15-16-44(2,39)40)19-35-20-27(45(3,41)42)18-26(35)22-43-21-24-10-5-4-6-11-24/h4-14,17,26-27,31H,15-16,18-22H2,1-3H3,(H,34,36)(H,37,38)/t26-,27-,31+/m1/s1. The second kappa shape index (κ2) is 14.7. The predicted octanol–water partition coefficient (Wildman–Crippen LogP) is 3.48. The second-order valence-corrected chi connectivity index (χ2v) is 16.3. The molecule has 0 aliphatic carbocycles. The van der Waals surface area contributed by atoms with E-state index in [2.05, 4.69) is 10.2 Å². The summed E-state index contributed by atoms with van der Waals surface area (Å²) in [4.78, 5) is 27.4. The summed E-state index contributed by atoms with van der Waals surface area (Å²) in [6.45, 7) is 3.44. The summed E-state index contributed by atoms with van der Waals surface area (Å²) < 4.78 is 54.3. The van der Waals surface area contributed by atoms with Gasteiger partial charge in [-0.1, -0.05) is 60.7 Å². The van der Waals surface area contributed by atoms with Crippen LogP contribution >= 0.6 is 0 Å². The van der Waals surface area contributed by atoms with Crippen LogP contribution in [0.15, 0.2) is 72.8 Å². The van der Waals surface area contributed by atoms with Gasteiger partial charge >= 0.3 is 5.97 Å². The van der Waals surface area contributed by atoms with Gasteiger partial charge in [-0.3, -0.25) is 9.69 Å². The van der Waals surface area contributed by atoms with Crippen LogP contribution in [0, 0.1) is 6.92 Å². The number of carboxylic acids is 1. The summed E-state index contributed by atoms with van der Waals surface area (Å²) in [6, 6.07) is 21.0.